The molecule has 0 spiro atoms. The van der Waals surface area contributed by atoms with Crippen LogP contribution in [-0.4, -0.2) is 24.7 Å². The average Bonchev–Trinajstić information content (AvgIpc) is 1.82. The first-order valence-corrected chi connectivity index (χ1v) is 3.78. The molecule has 0 aromatic heterocycles. The molecule has 5 heteroatoms. The maximum absolute atomic E-state index is 10.2. The Bertz CT molecular complexity index is 185. The van der Waals surface area contributed by atoms with Gasteiger partial charge in [-0.05, 0) is 6.42 Å². The van der Waals surface area contributed by atoms with Gasteiger partial charge < -0.3 is 5.53 Å². The molecule has 0 aromatic rings. The molecule has 0 saturated carbocycles. The van der Waals surface area contributed by atoms with Gasteiger partial charge in [-0.1, -0.05) is 6.92 Å². The molecule has 0 bridgehead atoms. The Morgan fingerprint density at radius 1 is 1.78 bits per heavy atom. The van der Waals surface area contributed by atoms with Crippen LogP contribution in [0.25, 0.3) is 5.53 Å². The van der Waals surface area contributed by atoms with Gasteiger partial charge in [0, 0.05) is 0 Å². The van der Waals surface area contributed by atoms with Crippen molar-refractivity contribution in [2.45, 2.75) is 18.6 Å². The molecule has 4 nitrogen and oxygen atoms in total. The molecule has 9 heavy (non-hydrogen) atoms. The van der Waals surface area contributed by atoms with Crippen molar-refractivity contribution in [3.8, 4) is 0 Å². The third-order valence-electron chi connectivity index (χ3n) is 0.928. The van der Waals surface area contributed by atoms with Crippen LogP contribution in [0.2, 0.25) is 0 Å². The van der Waals surface area contributed by atoms with Gasteiger partial charge in [0.15, 0.2) is 16.0 Å². The maximum atomic E-state index is 10.2. The lowest BCUT2D eigenvalue weighted by Crippen LogP contribution is -2.09. The van der Waals surface area contributed by atoms with E-state index < -0.39 is 16.0 Å². The molecule has 0 aromatic carbocycles. The molecule has 0 radical (unpaired) electrons. The summed E-state index contributed by atoms with van der Waals surface area (Å²) in [6.45, 7) is 1.71. The summed E-state index contributed by atoms with van der Waals surface area (Å²) in [6, 6.07) is 0. The fraction of sp³-hybridized carbons (Fsp3) is 0.750. The minimum Gasteiger partial charge on any atom is -0.362 e. The molecular formula is C4H8N2O2S. The van der Waals surface area contributed by atoms with Crippen LogP contribution in [0.1, 0.15) is 13.3 Å². The zero-order valence-electron chi connectivity index (χ0n) is 5.02. The Morgan fingerprint density at radius 2 is 2.33 bits per heavy atom. The molecule has 0 N–H and O–H groups in total. The van der Waals surface area contributed by atoms with Gasteiger partial charge in [-0.2, -0.15) is 4.79 Å². The van der Waals surface area contributed by atoms with Crippen molar-refractivity contribution < 1.29 is 13.2 Å². The molecule has 0 aliphatic rings. The summed E-state index contributed by atoms with van der Waals surface area (Å²) in [4.78, 5) is 2.62. The van der Waals surface area contributed by atoms with Crippen LogP contribution in [0.4, 0.5) is 0 Å². The summed E-state index contributed by atoms with van der Waals surface area (Å²) in [5.41, 5.74) is 7.92. The molecule has 0 aliphatic heterocycles. The Labute approximate surface area is 55.1 Å². The largest absolute Gasteiger partial charge is 0.362 e. The highest BCUT2D eigenvalue weighted by molar-refractivity contribution is 7.73. The molecule has 1 atom stereocenters. The van der Waals surface area contributed by atoms with Gasteiger partial charge in [0.1, 0.15) is 0 Å². The average molecular weight is 148 g/mol. The van der Waals surface area contributed by atoms with Crippen molar-refractivity contribution in [1.82, 2.24) is 0 Å². The molecule has 0 aliphatic carbocycles. The molecule has 1 unspecified atom stereocenters. The number of rotatable bonds is 3. The predicted octanol–water partition coefficient (Wildman–Crippen LogP) is -0.323. The molecule has 0 rings (SSSR count). The summed E-state index contributed by atoms with van der Waals surface area (Å²) in [6.07, 6.45) is 1.45. The van der Waals surface area contributed by atoms with Gasteiger partial charge in [-0.15, -0.1) is 0 Å². The zero-order chi connectivity index (χ0) is 7.28. The van der Waals surface area contributed by atoms with E-state index in [9.17, 15) is 8.42 Å². The number of nitrogens with zero attached hydrogens (tertiary/aromatic N) is 2. The van der Waals surface area contributed by atoms with Crippen molar-refractivity contribution in [3.63, 3.8) is 0 Å². The van der Waals surface area contributed by atoms with Gasteiger partial charge in [-0.25, -0.2) is 8.42 Å². The topological polar surface area (TPSA) is 70.5 Å². The standard InChI is InChI=1S/C4H8N2O2S/c1-2-4(3-6-5)9(7)8/h3-4,9H,2H2,1H3. The summed E-state index contributed by atoms with van der Waals surface area (Å²) < 4.78 is 20.3. The minimum atomic E-state index is -2.48. The summed E-state index contributed by atoms with van der Waals surface area (Å²) in [7, 11) is -2.48. The molecular weight excluding hydrogens is 140 g/mol. The first kappa shape index (κ1) is 8.33. The fourth-order valence-corrected chi connectivity index (χ4v) is 0.853. The number of hydrogen-bond donors (Lipinski definition) is 1. The first-order chi connectivity index (χ1) is 4.22. The molecule has 0 amide bonds. The van der Waals surface area contributed by atoms with Crippen molar-refractivity contribution in [3.05, 3.63) is 5.53 Å². The highest BCUT2D eigenvalue weighted by Crippen LogP contribution is 1.88. The van der Waals surface area contributed by atoms with Crippen LogP contribution < -0.4 is 0 Å². The molecule has 0 fully saturated rings. The van der Waals surface area contributed by atoms with Crippen molar-refractivity contribution >= 4 is 16.9 Å². The summed E-state index contributed by atoms with van der Waals surface area (Å²) in [5.74, 6) is 0. The van der Waals surface area contributed by atoms with Crippen LogP contribution in [0, 0.1) is 0 Å². The van der Waals surface area contributed by atoms with Crippen molar-refractivity contribution in [2.24, 2.45) is 0 Å². The van der Waals surface area contributed by atoms with Gasteiger partial charge in [0.05, 0.1) is 0 Å². The second-order valence-corrected chi connectivity index (χ2v) is 2.76. The normalized spacial score (nSPS) is 12.7. The Balaban J connectivity index is 4.15. The highest BCUT2D eigenvalue weighted by atomic mass is 32.2. The van der Waals surface area contributed by atoms with E-state index in [2.05, 4.69) is 4.79 Å². The van der Waals surface area contributed by atoms with E-state index >= 15 is 0 Å². The lowest BCUT2D eigenvalue weighted by Gasteiger charge is -1.88. The van der Waals surface area contributed by atoms with E-state index in [1.165, 1.54) is 0 Å². The minimum absolute atomic E-state index is 0.447. The second kappa shape index (κ2) is 4.23. The van der Waals surface area contributed by atoms with Crippen LogP contribution in [-0.2, 0) is 10.7 Å². The first-order valence-electron chi connectivity index (χ1n) is 2.53. The highest BCUT2D eigenvalue weighted by Gasteiger charge is 2.08. The molecule has 0 saturated heterocycles. The van der Waals surface area contributed by atoms with E-state index in [1.54, 1.807) is 6.92 Å². The maximum Gasteiger partial charge on any atom is 0.275 e. The van der Waals surface area contributed by atoms with Gasteiger partial charge in [0.25, 0.3) is 6.21 Å². The zero-order valence-corrected chi connectivity index (χ0v) is 5.91. The lowest BCUT2D eigenvalue weighted by molar-refractivity contribution is 0.00122. The van der Waals surface area contributed by atoms with E-state index in [0.29, 0.717) is 6.42 Å². The number of hydrogen-bond acceptors (Lipinski definition) is 2. The number of thiol groups is 1. The van der Waals surface area contributed by atoms with Gasteiger partial charge in [0.2, 0.25) is 0 Å². The third-order valence-corrected chi connectivity index (χ3v) is 1.97. The smallest absolute Gasteiger partial charge is 0.275 e. The van der Waals surface area contributed by atoms with Gasteiger partial charge >= 0.3 is 0 Å². The monoisotopic (exact) mass is 148 g/mol. The summed E-state index contributed by atoms with van der Waals surface area (Å²) in [5, 5.41) is -0.620. The van der Waals surface area contributed by atoms with Gasteiger partial charge in [-0.3, -0.25) is 0 Å². The van der Waals surface area contributed by atoms with E-state index in [4.69, 9.17) is 5.53 Å². The quantitative estimate of drug-likeness (QED) is 0.258. The van der Waals surface area contributed by atoms with Crippen LogP contribution in [0.3, 0.4) is 0 Å². The third kappa shape index (κ3) is 3.00. The Morgan fingerprint density at radius 3 is 2.44 bits per heavy atom. The SMILES string of the molecule is CCC(C=[N+]=[N-])[SH](=O)=O. The Hall–Kier alpha value is -0.670. The molecule has 52 valence electrons. The van der Waals surface area contributed by atoms with Crippen LogP contribution in [0.5, 0.6) is 0 Å². The van der Waals surface area contributed by atoms with Crippen molar-refractivity contribution in [1.29, 1.82) is 0 Å². The second-order valence-electron chi connectivity index (χ2n) is 1.53. The summed E-state index contributed by atoms with van der Waals surface area (Å²) >= 11 is 0. The van der Waals surface area contributed by atoms with Crippen molar-refractivity contribution in [2.75, 3.05) is 0 Å². The molecule has 0 heterocycles. The van der Waals surface area contributed by atoms with E-state index in [0.717, 1.165) is 6.21 Å². The fourth-order valence-electron chi connectivity index (χ4n) is 0.386. The van der Waals surface area contributed by atoms with Crippen LogP contribution >= 0.6 is 0 Å². The van der Waals surface area contributed by atoms with E-state index in [1.807, 2.05) is 0 Å². The lowest BCUT2D eigenvalue weighted by atomic mass is 10.4. The predicted molar refractivity (Wildman–Crippen MR) is 34.1 cm³/mol. The van der Waals surface area contributed by atoms with Crippen LogP contribution in [0.15, 0.2) is 0 Å². The Kier molecular flexibility index (Phi) is 3.92. The van der Waals surface area contributed by atoms with E-state index in [-0.39, 0.29) is 0 Å².